The van der Waals surface area contributed by atoms with Crippen LogP contribution in [-0.4, -0.2) is 21.6 Å². The number of nitrogens with one attached hydrogen (secondary N) is 1. The van der Waals surface area contributed by atoms with Crippen molar-refractivity contribution in [1.29, 1.82) is 0 Å². The van der Waals surface area contributed by atoms with Crippen LogP contribution in [0.3, 0.4) is 0 Å². The fraction of sp³-hybridized carbons (Fsp3) is 0.241. The molecule has 3 aromatic carbocycles. The lowest BCUT2D eigenvalue weighted by Crippen LogP contribution is -2.28. The minimum absolute atomic E-state index is 0.0960. The Bertz CT molecular complexity index is 1460. The van der Waals surface area contributed by atoms with E-state index < -0.39 is 5.97 Å². The van der Waals surface area contributed by atoms with Crippen LogP contribution in [0.15, 0.2) is 60.7 Å². The summed E-state index contributed by atoms with van der Waals surface area (Å²) in [6.45, 7) is 5.82. The fourth-order valence-electron chi connectivity index (χ4n) is 4.51. The second kappa shape index (κ2) is 10.5. The number of carboxylic acids is 1. The molecule has 0 aliphatic carbocycles. The molecule has 36 heavy (non-hydrogen) atoms. The molecule has 0 radical (unpaired) electrons. The zero-order valence-corrected chi connectivity index (χ0v) is 21.5. The van der Waals surface area contributed by atoms with E-state index in [9.17, 15) is 9.59 Å². The summed E-state index contributed by atoms with van der Waals surface area (Å²) in [6, 6.07) is 18.7. The van der Waals surface area contributed by atoms with Crippen LogP contribution < -0.4 is 10.1 Å². The first kappa shape index (κ1) is 25.3. The Morgan fingerprint density at radius 3 is 2.53 bits per heavy atom. The van der Waals surface area contributed by atoms with Gasteiger partial charge in [0.05, 0.1) is 6.04 Å². The molecule has 1 amide bonds. The molecule has 0 saturated carbocycles. The van der Waals surface area contributed by atoms with Gasteiger partial charge in [-0.1, -0.05) is 29.8 Å². The third kappa shape index (κ3) is 5.39. The molecule has 1 aromatic heterocycles. The van der Waals surface area contributed by atoms with Crippen molar-refractivity contribution in [3.05, 3.63) is 93.6 Å². The maximum Gasteiger partial charge on any atom is 0.303 e. The molecule has 7 heteroatoms. The van der Waals surface area contributed by atoms with Crippen molar-refractivity contribution in [2.45, 2.75) is 39.7 Å². The van der Waals surface area contributed by atoms with Gasteiger partial charge in [0.25, 0.3) is 5.91 Å². The predicted molar refractivity (Wildman–Crippen MR) is 142 cm³/mol. The Morgan fingerprint density at radius 2 is 1.81 bits per heavy atom. The third-order valence-corrected chi connectivity index (χ3v) is 6.73. The normalized spacial score (nSPS) is 11.9. The Kier molecular flexibility index (Phi) is 7.36. The number of rotatable bonds is 8. The molecule has 0 bridgehead atoms. The molecule has 1 unspecified atom stereocenters. The lowest BCUT2D eigenvalue weighted by Gasteiger charge is -2.17. The van der Waals surface area contributed by atoms with E-state index >= 15 is 0 Å². The van der Waals surface area contributed by atoms with Crippen molar-refractivity contribution in [3.8, 4) is 11.5 Å². The van der Waals surface area contributed by atoms with Crippen molar-refractivity contribution in [3.63, 3.8) is 0 Å². The van der Waals surface area contributed by atoms with E-state index in [2.05, 4.69) is 5.32 Å². The van der Waals surface area contributed by atoms with E-state index in [0.29, 0.717) is 28.6 Å². The first-order chi connectivity index (χ1) is 17.1. The summed E-state index contributed by atoms with van der Waals surface area (Å²) >= 11 is 6.17. The molecule has 1 atom stereocenters. The summed E-state index contributed by atoms with van der Waals surface area (Å²) in [6.07, 6.45) is 0.579. The lowest BCUT2D eigenvalue weighted by atomic mass is 10.0. The molecule has 186 valence electrons. The molecule has 0 saturated heterocycles. The van der Waals surface area contributed by atoms with Crippen LogP contribution in [0, 0.1) is 13.8 Å². The topological polar surface area (TPSA) is 80.6 Å². The molecular weight excluding hydrogens is 476 g/mol. The zero-order valence-electron chi connectivity index (χ0n) is 20.8. The van der Waals surface area contributed by atoms with Gasteiger partial charge in [-0.25, -0.2) is 0 Å². The smallest absolute Gasteiger partial charge is 0.303 e. The minimum atomic E-state index is -0.812. The molecule has 4 rings (SSSR count). The molecule has 0 fully saturated rings. The van der Waals surface area contributed by atoms with Gasteiger partial charge in [-0.15, -0.1) is 0 Å². The van der Waals surface area contributed by atoms with E-state index in [1.54, 1.807) is 0 Å². The summed E-state index contributed by atoms with van der Waals surface area (Å²) in [7, 11) is 1.88. The van der Waals surface area contributed by atoms with Gasteiger partial charge in [0.15, 0.2) is 0 Å². The highest BCUT2D eigenvalue weighted by Gasteiger charge is 2.20. The van der Waals surface area contributed by atoms with E-state index in [1.165, 1.54) is 0 Å². The quantitative estimate of drug-likeness (QED) is 0.278. The number of aliphatic carboxylic acids is 1. The standard InChI is InChI=1S/C29H29ClN2O4/c1-17-14-24(11-8-20(17)9-13-27(33)34)36-23-7-5-6-21(15-23)19(3)31-29(35)28-18(2)25-16-22(30)10-12-26(25)32(28)4/h5-8,10-12,14-16,19H,9,13H2,1-4H3,(H,31,35)(H,33,34). The van der Waals surface area contributed by atoms with Crippen molar-refractivity contribution >= 4 is 34.4 Å². The fourth-order valence-corrected chi connectivity index (χ4v) is 4.68. The van der Waals surface area contributed by atoms with Crippen molar-refractivity contribution in [2.75, 3.05) is 0 Å². The molecule has 0 aliphatic heterocycles. The molecule has 4 aromatic rings. The number of aromatic nitrogens is 1. The highest BCUT2D eigenvalue weighted by molar-refractivity contribution is 6.31. The van der Waals surface area contributed by atoms with Crippen LogP contribution in [0.5, 0.6) is 11.5 Å². The van der Waals surface area contributed by atoms with Crippen molar-refractivity contribution < 1.29 is 19.4 Å². The largest absolute Gasteiger partial charge is 0.481 e. The second-order valence-corrected chi connectivity index (χ2v) is 9.48. The van der Waals surface area contributed by atoms with Crippen LogP contribution in [0.1, 0.15) is 52.1 Å². The molecule has 0 aliphatic rings. The Labute approximate surface area is 215 Å². The SMILES string of the molecule is Cc1cc(Oc2cccc(C(C)NC(=O)c3c(C)c4cc(Cl)ccc4n3C)c2)ccc1CCC(=O)O. The van der Waals surface area contributed by atoms with E-state index in [0.717, 1.165) is 33.2 Å². The van der Waals surface area contributed by atoms with Gasteiger partial charge < -0.3 is 19.7 Å². The van der Waals surface area contributed by atoms with Crippen molar-refractivity contribution in [2.24, 2.45) is 7.05 Å². The third-order valence-electron chi connectivity index (χ3n) is 6.49. The summed E-state index contributed by atoms with van der Waals surface area (Å²) < 4.78 is 7.96. The molecule has 1 heterocycles. The lowest BCUT2D eigenvalue weighted by molar-refractivity contribution is -0.136. The molecular formula is C29H29ClN2O4. The number of aryl methyl sites for hydroxylation is 4. The van der Waals surface area contributed by atoms with Gasteiger partial charge in [-0.05, 0) is 91.9 Å². The van der Waals surface area contributed by atoms with Gasteiger partial charge in [0.2, 0.25) is 0 Å². The van der Waals surface area contributed by atoms with Crippen LogP contribution in [-0.2, 0) is 18.3 Å². The highest BCUT2D eigenvalue weighted by Crippen LogP contribution is 2.29. The monoisotopic (exact) mass is 504 g/mol. The number of carbonyl (C=O) groups is 2. The summed E-state index contributed by atoms with van der Waals surface area (Å²) in [5, 5.41) is 13.6. The number of ether oxygens (including phenoxy) is 1. The average Bonchev–Trinajstić information content (AvgIpc) is 3.07. The number of carboxylic acid groups (broad SMARTS) is 1. The summed E-state index contributed by atoms with van der Waals surface area (Å²) in [4.78, 5) is 24.1. The average molecular weight is 505 g/mol. The maximum absolute atomic E-state index is 13.2. The zero-order chi connectivity index (χ0) is 26.0. The summed E-state index contributed by atoms with van der Waals surface area (Å²) in [5.41, 5.74) is 5.33. The number of hydrogen-bond acceptors (Lipinski definition) is 3. The number of hydrogen-bond donors (Lipinski definition) is 2. The first-order valence-corrected chi connectivity index (χ1v) is 12.2. The number of amides is 1. The molecule has 0 spiro atoms. The van der Waals surface area contributed by atoms with E-state index in [1.807, 2.05) is 93.0 Å². The van der Waals surface area contributed by atoms with Crippen LogP contribution in [0.25, 0.3) is 10.9 Å². The molecule has 6 nitrogen and oxygen atoms in total. The highest BCUT2D eigenvalue weighted by atomic mass is 35.5. The maximum atomic E-state index is 13.2. The van der Waals surface area contributed by atoms with Gasteiger partial charge >= 0.3 is 5.97 Å². The van der Waals surface area contributed by atoms with Crippen LogP contribution in [0.4, 0.5) is 0 Å². The molecule has 2 N–H and O–H groups in total. The Balaban J connectivity index is 1.49. The van der Waals surface area contributed by atoms with Crippen LogP contribution in [0.2, 0.25) is 5.02 Å². The van der Waals surface area contributed by atoms with Gasteiger partial charge in [0.1, 0.15) is 17.2 Å². The Morgan fingerprint density at radius 1 is 1.06 bits per heavy atom. The van der Waals surface area contributed by atoms with Gasteiger partial charge in [0, 0.05) is 29.4 Å². The predicted octanol–water partition coefficient (Wildman–Crippen LogP) is 6.75. The van der Waals surface area contributed by atoms with Gasteiger partial charge in [-0.2, -0.15) is 0 Å². The minimum Gasteiger partial charge on any atom is -0.481 e. The number of halogens is 1. The summed E-state index contributed by atoms with van der Waals surface area (Å²) in [5.74, 6) is 0.355. The number of fused-ring (bicyclic) bond motifs is 1. The van der Waals surface area contributed by atoms with Crippen LogP contribution >= 0.6 is 11.6 Å². The number of nitrogens with zero attached hydrogens (tertiary/aromatic N) is 1. The number of benzene rings is 3. The Hall–Kier alpha value is -3.77. The van der Waals surface area contributed by atoms with E-state index in [-0.39, 0.29) is 18.4 Å². The first-order valence-electron chi connectivity index (χ1n) is 11.8. The van der Waals surface area contributed by atoms with Gasteiger partial charge in [-0.3, -0.25) is 9.59 Å². The second-order valence-electron chi connectivity index (χ2n) is 9.05. The van der Waals surface area contributed by atoms with Crippen molar-refractivity contribution in [1.82, 2.24) is 9.88 Å². The van der Waals surface area contributed by atoms with E-state index in [4.69, 9.17) is 21.4 Å². The number of carbonyl (C=O) groups excluding carboxylic acids is 1.